The minimum absolute atomic E-state index is 0.0489. The molecule has 0 spiro atoms. The molecular weight excluding hydrogens is 440 g/mol. The molecule has 5 nitrogen and oxygen atoms in total. The van der Waals surface area contributed by atoms with Crippen LogP contribution in [0.2, 0.25) is 0 Å². The van der Waals surface area contributed by atoms with Gasteiger partial charge in [0.2, 0.25) is 0 Å². The van der Waals surface area contributed by atoms with Crippen LogP contribution in [0.3, 0.4) is 0 Å². The normalized spacial score (nSPS) is 11.6. The summed E-state index contributed by atoms with van der Waals surface area (Å²) in [5, 5.41) is 5.90. The fraction of sp³-hybridized carbons (Fsp3) is 0.333. The van der Waals surface area contributed by atoms with Crippen molar-refractivity contribution in [3.8, 4) is 11.5 Å². The van der Waals surface area contributed by atoms with Crippen LogP contribution in [0, 0.1) is 0 Å². The maximum Gasteiger partial charge on any atom is 0.257 e. The van der Waals surface area contributed by atoms with Crippen molar-refractivity contribution in [2.45, 2.75) is 46.3 Å². The summed E-state index contributed by atoms with van der Waals surface area (Å²) < 4.78 is 12.2. The molecule has 2 aromatic carbocycles. The predicted molar refractivity (Wildman–Crippen MR) is 120 cm³/mol. The fourth-order valence-electron chi connectivity index (χ4n) is 2.29. The van der Waals surface area contributed by atoms with Crippen molar-refractivity contribution in [3.05, 3.63) is 52.5 Å². The predicted octanol–water partition coefficient (Wildman–Crippen LogP) is 5.54. The van der Waals surface area contributed by atoms with Gasteiger partial charge in [-0.15, -0.1) is 0 Å². The molecule has 1 atom stereocenters. The maximum atomic E-state index is 12.5. The Hall–Kier alpha value is -2.12. The Kier molecular flexibility index (Phi) is 8.26. The van der Waals surface area contributed by atoms with Gasteiger partial charge in [-0.1, -0.05) is 13.0 Å². The molecule has 28 heavy (non-hydrogen) atoms. The van der Waals surface area contributed by atoms with Gasteiger partial charge in [-0.05, 0) is 85.7 Å². The highest BCUT2D eigenvalue weighted by molar-refractivity contribution is 9.10. The van der Waals surface area contributed by atoms with Gasteiger partial charge >= 0.3 is 0 Å². The zero-order valence-electron chi connectivity index (χ0n) is 16.4. The fourth-order valence-corrected chi connectivity index (χ4v) is 2.97. The largest absolute Gasteiger partial charge is 0.491 e. The molecule has 2 rings (SSSR count). The zero-order chi connectivity index (χ0) is 20.7. The number of amides is 1. The van der Waals surface area contributed by atoms with E-state index in [1.54, 1.807) is 18.2 Å². The molecule has 0 saturated carbocycles. The Morgan fingerprint density at radius 3 is 2.54 bits per heavy atom. The second-order valence-corrected chi connectivity index (χ2v) is 7.85. The van der Waals surface area contributed by atoms with Crippen LogP contribution in [-0.4, -0.2) is 23.2 Å². The topological polar surface area (TPSA) is 59.6 Å². The van der Waals surface area contributed by atoms with Gasteiger partial charge in [-0.25, -0.2) is 0 Å². The summed E-state index contributed by atoms with van der Waals surface area (Å²) in [4.78, 5) is 12.5. The number of nitrogens with one attached hydrogen (secondary N) is 2. The van der Waals surface area contributed by atoms with E-state index in [9.17, 15) is 4.79 Å². The Morgan fingerprint density at radius 2 is 1.89 bits per heavy atom. The highest BCUT2D eigenvalue weighted by Gasteiger charge is 2.12. The Bertz CT molecular complexity index is 842. The highest BCUT2D eigenvalue weighted by Crippen LogP contribution is 2.27. The number of carbonyl (C=O) groups is 1. The molecule has 1 unspecified atom stereocenters. The number of ether oxygens (including phenoxy) is 2. The Labute approximate surface area is 179 Å². The lowest BCUT2D eigenvalue weighted by Crippen LogP contribution is -2.34. The quantitative estimate of drug-likeness (QED) is 0.526. The molecule has 0 bridgehead atoms. The monoisotopic (exact) mass is 464 g/mol. The van der Waals surface area contributed by atoms with Crippen LogP contribution >= 0.6 is 28.1 Å². The summed E-state index contributed by atoms with van der Waals surface area (Å²) in [6.45, 7) is 7.97. The van der Waals surface area contributed by atoms with Gasteiger partial charge in [0.1, 0.15) is 11.5 Å². The van der Waals surface area contributed by atoms with Gasteiger partial charge in [-0.3, -0.25) is 10.1 Å². The average Bonchev–Trinajstić information content (AvgIpc) is 2.63. The van der Waals surface area contributed by atoms with Gasteiger partial charge in [0.05, 0.1) is 16.7 Å². The van der Waals surface area contributed by atoms with Crippen molar-refractivity contribution in [3.63, 3.8) is 0 Å². The van der Waals surface area contributed by atoms with Crippen molar-refractivity contribution >= 4 is 44.9 Å². The van der Waals surface area contributed by atoms with Crippen LogP contribution in [0.15, 0.2) is 46.9 Å². The summed E-state index contributed by atoms with van der Waals surface area (Å²) in [5.41, 5.74) is 1.22. The van der Waals surface area contributed by atoms with Crippen LogP contribution in [0.1, 0.15) is 44.5 Å². The van der Waals surface area contributed by atoms with Crippen LogP contribution < -0.4 is 20.1 Å². The summed E-state index contributed by atoms with van der Waals surface area (Å²) in [5.74, 6) is 1.13. The molecular formula is C21H25BrN2O3S. The first-order valence-corrected chi connectivity index (χ1v) is 10.3. The number of benzene rings is 2. The molecule has 0 radical (unpaired) electrons. The Balaban J connectivity index is 1.98. The van der Waals surface area contributed by atoms with Crippen LogP contribution in [0.25, 0.3) is 0 Å². The number of rotatable bonds is 7. The van der Waals surface area contributed by atoms with Gasteiger partial charge < -0.3 is 14.8 Å². The Morgan fingerprint density at radius 1 is 1.14 bits per heavy atom. The molecule has 0 aliphatic carbocycles. The van der Waals surface area contributed by atoms with Crippen molar-refractivity contribution in [1.82, 2.24) is 5.32 Å². The first-order chi connectivity index (χ1) is 13.3. The van der Waals surface area contributed by atoms with Crippen molar-refractivity contribution in [2.75, 3.05) is 5.32 Å². The minimum atomic E-state index is -0.304. The third-order valence-electron chi connectivity index (χ3n) is 3.79. The van der Waals surface area contributed by atoms with Crippen molar-refractivity contribution in [2.24, 2.45) is 0 Å². The standard InChI is InChI=1S/C21H25BrN2O3S/c1-5-14(4)27-17-8-6-7-16(12-17)23-21(28)24-20(25)15-9-10-19(18(22)11-15)26-13(2)3/h6-14H,5H2,1-4H3,(H2,23,24,25,28). The van der Waals surface area contributed by atoms with E-state index in [2.05, 4.69) is 33.5 Å². The van der Waals surface area contributed by atoms with Gasteiger partial charge in [0.25, 0.3) is 5.91 Å². The van der Waals surface area contributed by atoms with Crippen LogP contribution in [0.5, 0.6) is 11.5 Å². The molecule has 0 aliphatic rings. The van der Waals surface area contributed by atoms with E-state index >= 15 is 0 Å². The lowest BCUT2D eigenvalue weighted by atomic mass is 10.2. The third kappa shape index (κ3) is 6.80. The number of halogens is 1. The maximum absolute atomic E-state index is 12.5. The average molecular weight is 465 g/mol. The third-order valence-corrected chi connectivity index (χ3v) is 4.61. The minimum Gasteiger partial charge on any atom is -0.491 e. The summed E-state index contributed by atoms with van der Waals surface area (Å²) >= 11 is 8.69. The van der Waals surface area contributed by atoms with E-state index in [0.717, 1.165) is 17.9 Å². The van der Waals surface area contributed by atoms with E-state index in [-0.39, 0.29) is 23.2 Å². The molecule has 2 N–H and O–H groups in total. The second-order valence-electron chi connectivity index (χ2n) is 6.58. The van der Waals surface area contributed by atoms with Crippen LogP contribution in [0.4, 0.5) is 5.69 Å². The molecule has 0 aromatic heterocycles. The van der Waals surface area contributed by atoms with E-state index in [0.29, 0.717) is 15.8 Å². The van der Waals surface area contributed by atoms with E-state index in [1.165, 1.54) is 0 Å². The van der Waals surface area contributed by atoms with Gasteiger partial charge in [0, 0.05) is 17.3 Å². The number of thiocarbonyl (C=S) groups is 1. The SMILES string of the molecule is CCC(C)Oc1cccc(NC(=S)NC(=O)c2ccc(OC(C)C)c(Br)c2)c1. The van der Waals surface area contributed by atoms with Gasteiger partial charge in [-0.2, -0.15) is 0 Å². The summed E-state index contributed by atoms with van der Waals surface area (Å²) in [6.07, 6.45) is 1.10. The van der Waals surface area contributed by atoms with E-state index in [4.69, 9.17) is 21.7 Å². The smallest absolute Gasteiger partial charge is 0.257 e. The van der Waals surface area contributed by atoms with E-state index in [1.807, 2.05) is 45.0 Å². The lowest BCUT2D eigenvalue weighted by Gasteiger charge is -2.15. The molecule has 0 saturated heterocycles. The number of anilines is 1. The van der Waals surface area contributed by atoms with Gasteiger partial charge in [0.15, 0.2) is 5.11 Å². The molecule has 1 amide bonds. The number of hydrogen-bond donors (Lipinski definition) is 2. The molecule has 0 aliphatic heterocycles. The van der Waals surface area contributed by atoms with Crippen LogP contribution in [-0.2, 0) is 0 Å². The molecule has 0 fully saturated rings. The molecule has 0 heterocycles. The second kappa shape index (κ2) is 10.4. The van der Waals surface area contributed by atoms with Crippen molar-refractivity contribution in [1.29, 1.82) is 0 Å². The van der Waals surface area contributed by atoms with Crippen molar-refractivity contribution < 1.29 is 14.3 Å². The number of carbonyl (C=O) groups excluding carboxylic acids is 1. The summed E-state index contributed by atoms with van der Waals surface area (Å²) in [7, 11) is 0. The first-order valence-electron chi connectivity index (χ1n) is 9.13. The number of hydrogen-bond acceptors (Lipinski definition) is 4. The lowest BCUT2D eigenvalue weighted by molar-refractivity contribution is 0.0977. The highest BCUT2D eigenvalue weighted by atomic mass is 79.9. The molecule has 7 heteroatoms. The first kappa shape index (κ1) is 22.2. The molecule has 2 aromatic rings. The zero-order valence-corrected chi connectivity index (χ0v) is 18.8. The molecule has 150 valence electrons. The van der Waals surface area contributed by atoms with E-state index < -0.39 is 0 Å². The summed E-state index contributed by atoms with van der Waals surface area (Å²) in [6, 6.07) is 12.6.